The number of nitrogens with zero attached hydrogens (tertiary/aromatic N) is 4. The third kappa shape index (κ3) is 3.80. The highest BCUT2D eigenvalue weighted by Crippen LogP contribution is 2.39. The van der Waals surface area contributed by atoms with Crippen LogP contribution in [0, 0.1) is 12.3 Å². The molecule has 26 heavy (non-hydrogen) atoms. The van der Waals surface area contributed by atoms with E-state index in [2.05, 4.69) is 14.9 Å². The van der Waals surface area contributed by atoms with Crippen molar-refractivity contribution in [2.45, 2.75) is 45.7 Å². The Hall–Kier alpha value is -2.21. The van der Waals surface area contributed by atoms with Gasteiger partial charge in [-0.15, -0.1) is 0 Å². The summed E-state index contributed by atoms with van der Waals surface area (Å²) in [6.45, 7) is 6.40. The highest BCUT2D eigenvalue weighted by Gasteiger charge is 2.41. The summed E-state index contributed by atoms with van der Waals surface area (Å²) < 4.78 is 5.21. The Bertz CT molecular complexity index is 744. The predicted molar refractivity (Wildman–Crippen MR) is 97.1 cm³/mol. The maximum absolute atomic E-state index is 12.5. The number of rotatable bonds is 4. The van der Waals surface area contributed by atoms with Crippen molar-refractivity contribution in [3.63, 3.8) is 0 Å². The van der Waals surface area contributed by atoms with Crippen LogP contribution in [-0.4, -0.2) is 45.3 Å². The Morgan fingerprint density at radius 1 is 1.19 bits per heavy atom. The highest BCUT2D eigenvalue weighted by molar-refractivity contribution is 5.77. The predicted octanol–water partition coefficient (Wildman–Crippen LogP) is 2.78. The first-order valence-corrected chi connectivity index (χ1v) is 9.41. The molecule has 0 saturated carbocycles. The van der Waals surface area contributed by atoms with Gasteiger partial charge in [0.15, 0.2) is 0 Å². The summed E-state index contributed by atoms with van der Waals surface area (Å²) in [7, 11) is 0. The number of carbonyl (C=O) groups is 1. The number of hydrogen-bond donors (Lipinski definition) is 0. The van der Waals surface area contributed by atoms with Gasteiger partial charge in [-0.25, -0.2) is 0 Å². The van der Waals surface area contributed by atoms with Gasteiger partial charge in [0.25, 0.3) is 0 Å². The van der Waals surface area contributed by atoms with Gasteiger partial charge in [-0.2, -0.15) is 0 Å². The molecule has 0 aliphatic carbocycles. The molecule has 1 amide bonds. The minimum Gasteiger partial charge on any atom is -0.472 e. The second-order valence-corrected chi connectivity index (χ2v) is 7.84. The first-order chi connectivity index (χ1) is 12.6. The number of amides is 1. The van der Waals surface area contributed by atoms with Crippen molar-refractivity contribution in [1.82, 2.24) is 19.8 Å². The molecule has 1 atom stereocenters. The summed E-state index contributed by atoms with van der Waals surface area (Å²) in [6.07, 6.45) is 11.1. The molecule has 0 aromatic carbocycles. The van der Waals surface area contributed by atoms with Crippen LogP contribution in [0.4, 0.5) is 0 Å². The van der Waals surface area contributed by atoms with Gasteiger partial charge in [0.1, 0.15) is 0 Å². The number of aryl methyl sites for hydroxylation is 1. The zero-order chi connectivity index (χ0) is 18.0. The number of carbonyl (C=O) groups excluding carboxylic acids is 1. The standard InChI is InChI=1S/C20H26N4O2/c1-16-9-22-18(10-21-16)12-24-15-20(6-3-19(24)25)5-2-7-23(14-20)11-17-4-8-26-13-17/h4,8-10,13H,2-3,5-7,11-12,14-15H2,1H3. The Morgan fingerprint density at radius 3 is 2.88 bits per heavy atom. The van der Waals surface area contributed by atoms with Crippen molar-refractivity contribution in [2.75, 3.05) is 19.6 Å². The number of piperidine rings is 2. The van der Waals surface area contributed by atoms with Crippen LogP contribution in [0.15, 0.2) is 35.4 Å². The first-order valence-electron chi connectivity index (χ1n) is 9.41. The molecule has 2 aliphatic rings. The normalized spacial score (nSPS) is 24.3. The van der Waals surface area contributed by atoms with E-state index in [0.29, 0.717) is 13.0 Å². The molecule has 0 bridgehead atoms. The lowest BCUT2D eigenvalue weighted by Crippen LogP contribution is -2.53. The van der Waals surface area contributed by atoms with E-state index in [9.17, 15) is 4.79 Å². The highest BCUT2D eigenvalue weighted by atomic mass is 16.3. The van der Waals surface area contributed by atoms with E-state index in [-0.39, 0.29) is 11.3 Å². The molecule has 1 unspecified atom stereocenters. The number of likely N-dealkylation sites (tertiary alicyclic amines) is 2. The van der Waals surface area contributed by atoms with Crippen LogP contribution in [0.25, 0.3) is 0 Å². The molecule has 6 heteroatoms. The van der Waals surface area contributed by atoms with E-state index < -0.39 is 0 Å². The molecule has 2 aromatic heterocycles. The van der Waals surface area contributed by atoms with Crippen LogP contribution in [0.3, 0.4) is 0 Å². The number of furan rings is 1. The summed E-state index contributed by atoms with van der Waals surface area (Å²) in [5, 5.41) is 0. The summed E-state index contributed by atoms with van der Waals surface area (Å²) in [6, 6.07) is 2.04. The summed E-state index contributed by atoms with van der Waals surface area (Å²) >= 11 is 0. The Kier molecular flexibility index (Phi) is 4.76. The second-order valence-electron chi connectivity index (χ2n) is 7.84. The molecule has 2 aromatic rings. The molecule has 1 spiro atoms. The average molecular weight is 354 g/mol. The van der Waals surface area contributed by atoms with Gasteiger partial charge in [0.05, 0.1) is 36.7 Å². The molecule has 2 aliphatic heterocycles. The van der Waals surface area contributed by atoms with Crippen molar-refractivity contribution in [3.05, 3.63) is 47.9 Å². The van der Waals surface area contributed by atoms with E-state index in [1.165, 1.54) is 18.4 Å². The van der Waals surface area contributed by atoms with Crippen molar-refractivity contribution < 1.29 is 9.21 Å². The van der Waals surface area contributed by atoms with E-state index in [1.807, 2.05) is 24.2 Å². The van der Waals surface area contributed by atoms with Gasteiger partial charge < -0.3 is 9.32 Å². The van der Waals surface area contributed by atoms with E-state index >= 15 is 0 Å². The van der Waals surface area contributed by atoms with E-state index in [4.69, 9.17) is 4.42 Å². The van der Waals surface area contributed by atoms with Crippen LogP contribution in [0.5, 0.6) is 0 Å². The average Bonchev–Trinajstić information content (AvgIpc) is 3.14. The Morgan fingerprint density at radius 2 is 2.12 bits per heavy atom. The van der Waals surface area contributed by atoms with Crippen LogP contribution in [0.2, 0.25) is 0 Å². The van der Waals surface area contributed by atoms with Crippen LogP contribution in [0.1, 0.15) is 42.6 Å². The monoisotopic (exact) mass is 354 g/mol. The lowest BCUT2D eigenvalue weighted by molar-refractivity contribution is -0.140. The van der Waals surface area contributed by atoms with Crippen molar-refractivity contribution in [2.24, 2.45) is 5.41 Å². The fourth-order valence-electron chi connectivity index (χ4n) is 4.36. The topological polar surface area (TPSA) is 62.5 Å². The lowest BCUT2D eigenvalue weighted by Gasteiger charge is -2.48. The molecule has 0 N–H and O–H groups in total. The maximum atomic E-state index is 12.5. The van der Waals surface area contributed by atoms with E-state index in [0.717, 1.165) is 44.0 Å². The smallest absolute Gasteiger partial charge is 0.222 e. The fraction of sp³-hybridized carbons (Fsp3) is 0.550. The molecule has 4 rings (SSSR count). The third-order valence-electron chi connectivity index (χ3n) is 5.66. The van der Waals surface area contributed by atoms with Gasteiger partial charge in [-0.3, -0.25) is 19.7 Å². The van der Waals surface area contributed by atoms with Crippen molar-refractivity contribution in [3.8, 4) is 0 Å². The quantitative estimate of drug-likeness (QED) is 0.845. The van der Waals surface area contributed by atoms with Gasteiger partial charge >= 0.3 is 0 Å². The summed E-state index contributed by atoms with van der Waals surface area (Å²) in [4.78, 5) is 25.7. The first kappa shape index (κ1) is 17.2. The third-order valence-corrected chi connectivity index (χ3v) is 5.66. The second kappa shape index (κ2) is 7.19. The molecule has 138 valence electrons. The molecule has 2 fully saturated rings. The van der Waals surface area contributed by atoms with Crippen molar-refractivity contribution in [1.29, 1.82) is 0 Å². The Labute approximate surface area is 154 Å². The van der Waals surface area contributed by atoms with E-state index in [1.54, 1.807) is 18.7 Å². The van der Waals surface area contributed by atoms with Gasteiger partial charge in [-0.1, -0.05) is 0 Å². The van der Waals surface area contributed by atoms with Gasteiger partial charge in [-0.05, 0) is 38.8 Å². The van der Waals surface area contributed by atoms with Crippen LogP contribution >= 0.6 is 0 Å². The minimum absolute atomic E-state index is 0.202. The Balaban J connectivity index is 1.44. The van der Waals surface area contributed by atoms with Crippen LogP contribution < -0.4 is 0 Å². The zero-order valence-corrected chi connectivity index (χ0v) is 15.4. The minimum atomic E-state index is 0.202. The zero-order valence-electron chi connectivity index (χ0n) is 15.4. The summed E-state index contributed by atoms with van der Waals surface area (Å²) in [5.41, 5.74) is 3.19. The van der Waals surface area contributed by atoms with Crippen LogP contribution in [-0.2, 0) is 17.9 Å². The van der Waals surface area contributed by atoms with Gasteiger partial charge in [0, 0.05) is 43.2 Å². The molecule has 2 saturated heterocycles. The largest absolute Gasteiger partial charge is 0.472 e. The number of hydrogen-bond acceptors (Lipinski definition) is 5. The maximum Gasteiger partial charge on any atom is 0.222 e. The summed E-state index contributed by atoms with van der Waals surface area (Å²) in [5.74, 6) is 0.241. The molecule has 6 nitrogen and oxygen atoms in total. The number of aromatic nitrogens is 2. The SMILES string of the molecule is Cc1cnc(CN2CC3(CCCN(Cc4ccoc4)C3)CCC2=O)cn1. The van der Waals surface area contributed by atoms with Gasteiger partial charge in [0.2, 0.25) is 5.91 Å². The molecule has 0 radical (unpaired) electrons. The fourth-order valence-corrected chi connectivity index (χ4v) is 4.36. The molecule has 4 heterocycles. The van der Waals surface area contributed by atoms with Crippen molar-refractivity contribution >= 4 is 5.91 Å². The molecular formula is C20H26N4O2. The molecular weight excluding hydrogens is 328 g/mol. The lowest BCUT2D eigenvalue weighted by atomic mass is 9.73.